The lowest BCUT2D eigenvalue weighted by atomic mass is 9.99. The first-order valence-corrected chi connectivity index (χ1v) is 5.23. The van der Waals surface area contributed by atoms with Gasteiger partial charge in [0.15, 0.2) is 0 Å². The van der Waals surface area contributed by atoms with E-state index < -0.39 is 5.92 Å². The number of carbonyl (C=O) groups is 1. The van der Waals surface area contributed by atoms with Crippen molar-refractivity contribution in [1.29, 1.82) is 0 Å². The number of hydrogen-bond acceptors (Lipinski definition) is 4. The monoisotopic (exact) mass is 223 g/mol. The summed E-state index contributed by atoms with van der Waals surface area (Å²) in [4.78, 5) is 11.6. The zero-order valence-corrected chi connectivity index (χ0v) is 9.60. The van der Waals surface area contributed by atoms with Crippen molar-refractivity contribution < 1.29 is 14.3 Å². The molecular weight excluding hydrogens is 206 g/mol. The van der Waals surface area contributed by atoms with Crippen LogP contribution in [0.25, 0.3) is 0 Å². The maximum Gasteiger partial charge on any atom is 0.314 e. The smallest absolute Gasteiger partial charge is 0.314 e. The Morgan fingerprint density at radius 3 is 2.81 bits per heavy atom. The molecule has 0 fully saturated rings. The molecule has 0 bridgehead atoms. The standard InChI is InChI=1S/C12H17NO3/c1-3-16-12(14)11(8-13)9-5-4-6-10(7-9)15-2/h4-7,11H,3,8,13H2,1-2H3. The van der Waals surface area contributed by atoms with E-state index in [9.17, 15) is 4.79 Å². The molecule has 0 heterocycles. The van der Waals surface area contributed by atoms with Gasteiger partial charge in [-0.2, -0.15) is 0 Å². The van der Waals surface area contributed by atoms with Crippen molar-refractivity contribution in [3.63, 3.8) is 0 Å². The molecule has 0 radical (unpaired) electrons. The second-order valence-corrected chi connectivity index (χ2v) is 3.32. The largest absolute Gasteiger partial charge is 0.497 e. The van der Waals surface area contributed by atoms with Crippen molar-refractivity contribution >= 4 is 5.97 Å². The Morgan fingerprint density at radius 2 is 2.25 bits per heavy atom. The van der Waals surface area contributed by atoms with Crippen molar-refractivity contribution in [1.82, 2.24) is 0 Å². The Kier molecular flexibility index (Phi) is 4.79. The minimum atomic E-state index is -0.421. The fraction of sp³-hybridized carbons (Fsp3) is 0.417. The summed E-state index contributed by atoms with van der Waals surface area (Å²) in [6, 6.07) is 7.30. The van der Waals surface area contributed by atoms with Gasteiger partial charge in [0.2, 0.25) is 0 Å². The highest BCUT2D eigenvalue weighted by atomic mass is 16.5. The third kappa shape index (κ3) is 2.97. The van der Waals surface area contributed by atoms with Crippen molar-refractivity contribution in [3.8, 4) is 5.75 Å². The van der Waals surface area contributed by atoms with Gasteiger partial charge in [0.05, 0.1) is 19.6 Å². The van der Waals surface area contributed by atoms with Gasteiger partial charge < -0.3 is 15.2 Å². The van der Waals surface area contributed by atoms with Crippen LogP contribution in [-0.2, 0) is 9.53 Å². The molecule has 1 aromatic carbocycles. The first-order chi connectivity index (χ1) is 7.72. The fourth-order valence-corrected chi connectivity index (χ4v) is 1.47. The van der Waals surface area contributed by atoms with E-state index in [2.05, 4.69) is 0 Å². The Hall–Kier alpha value is -1.55. The molecule has 88 valence electrons. The van der Waals surface area contributed by atoms with E-state index >= 15 is 0 Å². The number of esters is 1. The molecule has 0 aromatic heterocycles. The maximum atomic E-state index is 11.6. The summed E-state index contributed by atoms with van der Waals surface area (Å²) in [5.74, 6) is -0.00597. The average Bonchev–Trinajstić information content (AvgIpc) is 2.31. The van der Waals surface area contributed by atoms with Gasteiger partial charge in [-0.3, -0.25) is 4.79 Å². The molecule has 0 saturated heterocycles. The summed E-state index contributed by atoms with van der Waals surface area (Å²) >= 11 is 0. The second kappa shape index (κ2) is 6.12. The van der Waals surface area contributed by atoms with E-state index in [-0.39, 0.29) is 12.5 Å². The molecule has 1 rings (SSSR count). The number of nitrogens with two attached hydrogens (primary N) is 1. The minimum Gasteiger partial charge on any atom is -0.497 e. The summed E-state index contributed by atoms with van der Waals surface area (Å²) in [5.41, 5.74) is 6.41. The van der Waals surface area contributed by atoms with Crippen LogP contribution < -0.4 is 10.5 Å². The minimum absolute atomic E-state index is 0.228. The summed E-state index contributed by atoms with van der Waals surface area (Å²) < 4.78 is 10.1. The van der Waals surface area contributed by atoms with E-state index in [4.69, 9.17) is 15.2 Å². The normalized spacial score (nSPS) is 11.9. The molecule has 4 nitrogen and oxygen atoms in total. The van der Waals surface area contributed by atoms with Crippen LogP contribution in [0.4, 0.5) is 0 Å². The quantitative estimate of drug-likeness (QED) is 0.764. The molecule has 1 unspecified atom stereocenters. The highest BCUT2D eigenvalue weighted by molar-refractivity contribution is 5.78. The van der Waals surface area contributed by atoms with Crippen LogP contribution in [0.1, 0.15) is 18.4 Å². The van der Waals surface area contributed by atoms with Crippen LogP contribution in [0.15, 0.2) is 24.3 Å². The fourth-order valence-electron chi connectivity index (χ4n) is 1.47. The molecule has 0 spiro atoms. The molecule has 1 aromatic rings. The molecule has 0 saturated carbocycles. The lowest BCUT2D eigenvalue weighted by molar-refractivity contribution is -0.144. The third-order valence-corrected chi connectivity index (χ3v) is 2.30. The van der Waals surface area contributed by atoms with Gasteiger partial charge in [-0.05, 0) is 24.6 Å². The Morgan fingerprint density at radius 1 is 1.50 bits per heavy atom. The summed E-state index contributed by atoms with van der Waals surface area (Å²) in [6.45, 7) is 2.36. The van der Waals surface area contributed by atoms with E-state index in [0.29, 0.717) is 12.4 Å². The number of methoxy groups -OCH3 is 1. The summed E-state index contributed by atoms with van der Waals surface area (Å²) in [7, 11) is 1.58. The number of rotatable bonds is 5. The highest BCUT2D eigenvalue weighted by Crippen LogP contribution is 2.21. The number of ether oxygens (including phenoxy) is 2. The van der Waals surface area contributed by atoms with Gasteiger partial charge in [-0.1, -0.05) is 12.1 Å². The third-order valence-electron chi connectivity index (χ3n) is 2.30. The van der Waals surface area contributed by atoms with E-state index in [0.717, 1.165) is 5.56 Å². The van der Waals surface area contributed by atoms with Crippen molar-refractivity contribution in [3.05, 3.63) is 29.8 Å². The van der Waals surface area contributed by atoms with Gasteiger partial charge in [-0.15, -0.1) is 0 Å². The Labute approximate surface area is 95.3 Å². The van der Waals surface area contributed by atoms with Crippen LogP contribution in [0.5, 0.6) is 5.75 Å². The van der Waals surface area contributed by atoms with Crippen LogP contribution in [-0.4, -0.2) is 26.2 Å². The second-order valence-electron chi connectivity index (χ2n) is 3.32. The molecule has 2 N–H and O–H groups in total. The summed E-state index contributed by atoms with van der Waals surface area (Å²) in [6.07, 6.45) is 0. The SMILES string of the molecule is CCOC(=O)C(CN)c1cccc(OC)c1. The zero-order chi connectivity index (χ0) is 12.0. The Balaban J connectivity index is 2.89. The molecule has 0 amide bonds. The van der Waals surface area contributed by atoms with Gasteiger partial charge in [0.25, 0.3) is 0 Å². The number of carbonyl (C=O) groups excluding carboxylic acids is 1. The first-order valence-electron chi connectivity index (χ1n) is 5.23. The topological polar surface area (TPSA) is 61.5 Å². The molecular formula is C12H17NO3. The number of hydrogen-bond donors (Lipinski definition) is 1. The lowest BCUT2D eigenvalue weighted by Gasteiger charge is -2.14. The van der Waals surface area contributed by atoms with Crippen LogP contribution in [0.3, 0.4) is 0 Å². The molecule has 0 aliphatic rings. The molecule has 0 aliphatic heterocycles. The molecule has 1 atom stereocenters. The van der Waals surface area contributed by atoms with Crippen molar-refractivity contribution in [2.24, 2.45) is 5.73 Å². The van der Waals surface area contributed by atoms with Gasteiger partial charge in [0, 0.05) is 6.54 Å². The predicted octanol–water partition coefficient (Wildman–Crippen LogP) is 1.30. The Bertz CT molecular complexity index is 352. The zero-order valence-electron chi connectivity index (χ0n) is 9.60. The maximum absolute atomic E-state index is 11.6. The van der Waals surface area contributed by atoms with E-state index in [1.165, 1.54) is 0 Å². The molecule has 16 heavy (non-hydrogen) atoms. The van der Waals surface area contributed by atoms with Gasteiger partial charge in [0.1, 0.15) is 5.75 Å². The van der Waals surface area contributed by atoms with E-state index in [1.807, 2.05) is 18.2 Å². The average molecular weight is 223 g/mol. The highest BCUT2D eigenvalue weighted by Gasteiger charge is 2.20. The first kappa shape index (κ1) is 12.5. The van der Waals surface area contributed by atoms with Crippen LogP contribution >= 0.6 is 0 Å². The predicted molar refractivity (Wildman–Crippen MR) is 61.4 cm³/mol. The van der Waals surface area contributed by atoms with Gasteiger partial charge >= 0.3 is 5.97 Å². The lowest BCUT2D eigenvalue weighted by Crippen LogP contribution is -2.23. The number of benzene rings is 1. The van der Waals surface area contributed by atoms with Crippen LogP contribution in [0, 0.1) is 0 Å². The molecule has 0 aliphatic carbocycles. The van der Waals surface area contributed by atoms with E-state index in [1.54, 1.807) is 20.1 Å². The molecule has 4 heteroatoms. The van der Waals surface area contributed by atoms with Gasteiger partial charge in [-0.25, -0.2) is 0 Å². The summed E-state index contributed by atoms with van der Waals surface area (Å²) in [5, 5.41) is 0. The van der Waals surface area contributed by atoms with Crippen LogP contribution in [0.2, 0.25) is 0 Å². The van der Waals surface area contributed by atoms with Crippen molar-refractivity contribution in [2.75, 3.05) is 20.3 Å². The van der Waals surface area contributed by atoms with Crippen molar-refractivity contribution in [2.45, 2.75) is 12.8 Å².